The van der Waals surface area contributed by atoms with Crippen molar-refractivity contribution in [1.29, 1.82) is 0 Å². The number of fused-ring (bicyclic) bond motifs is 2. The largest absolute Gasteiger partial charge is 0.376 e. The van der Waals surface area contributed by atoms with Crippen molar-refractivity contribution in [3.63, 3.8) is 0 Å². The lowest BCUT2D eigenvalue weighted by Gasteiger charge is -2.24. The quantitative estimate of drug-likeness (QED) is 0.563. The number of hydrogen-bond donors (Lipinski definition) is 1. The number of nitrogens with one attached hydrogen (secondary N) is 1. The summed E-state index contributed by atoms with van der Waals surface area (Å²) in [6, 6.07) is 19.1. The average molecular weight is 495 g/mol. The molecular weight excluding hydrogens is 472 g/mol. The summed E-state index contributed by atoms with van der Waals surface area (Å²) in [6.07, 6.45) is 1.94. The topological polar surface area (TPSA) is 75.7 Å². The van der Waals surface area contributed by atoms with E-state index in [2.05, 4.69) is 5.32 Å². The van der Waals surface area contributed by atoms with E-state index in [0.717, 1.165) is 18.4 Å². The Kier molecular flexibility index (Phi) is 6.50. The average Bonchev–Trinajstić information content (AvgIpc) is 3.37. The van der Waals surface area contributed by atoms with E-state index in [1.807, 2.05) is 12.1 Å². The third-order valence-electron chi connectivity index (χ3n) is 6.04. The van der Waals surface area contributed by atoms with E-state index in [1.54, 1.807) is 59.5 Å². The molecule has 2 heterocycles. The fourth-order valence-corrected chi connectivity index (χ4v) is 5.72. The van der Waals surface area contributed by atoms with Crippen LogP contribution in [0.2, 0.25) is 5.02 Å². The van der Waals surface area contributed by atoms with E-state index in [-0.39, 0.29) is 24.5 Å². The zero-order chi connectivity index (χ0) is 23.7. The number of carbonyl (C=O) groups is 2. The summed E-state index contributed by atoms with van der Waals surface area (Å²) in [5.74, 6) is -0.528. The number of halogens is 1. The number of rotatable bonds is 5. The molecule has 0 radical (unpaired) electrons. The van der Waals surface area contributed by atoms with Gasteiger partial charge in [-0.15, -0.1) is 0 Å². The Morgan fingerprint density at radius 3 is 2.65 bits per heavy atom. The van der Waals surface area contributed by atoms with Crippen molar-refractivity contribution in [1.82, 2.24) is 5.32 Å². The standard InChI is InChI=1S/C26H23ClN2O4S/c27-19-10-7-17(8-11-19)16-29-22-14-18(25(30)28-15-20-4-3-13-33-20)9-12-24(22)34(32)23-6-2-1-5-21(23)26(29)31/h1-2,5-12,14,20H,3-4,13,15-16H2,(H,28,30)/t20-,34-/m1/s1. The molecule has 3 aromatic rings. The number of ether oxygens (including phenoxy) is 1. The number of carbonyl (C=O) groups excluding carboxylic acids is 2. The SMILES string of the molecule is O=C(NC[C@H]1CCCO1)c1ccc2c(c1)N(Cc1ccc(Cl)cc1)C(=O)c1ccccc1[S@]2=O. The van der Waals surface area contributed by atoms with Crippen molar-refractivity contribution in [2.45, 2.75) is 35.3 Å². The third kappa shape index (κ3) is 4.51. The predicted octanol–water partition coefficient (Wildman–Crippen LogP) is 4.58. The Labute approximate surface area is 205 Å². The second-order valence-electron chi connectivity index (χ2n) is 8.31. The Morgan fingerprint density at radius 1 is 1.09 bits per heavy atom. The van der Waals surface area contributed by atoms with Gasteiger partial charge in [0.25, 0.3) is 11.8 Å². The molecule has 2 aliphatic rings. The van der Waals surface area contributed by atoms with Crippen LogP contribution in [0, 0.1) is 0 Å². The van der Waals surface area contributed by atoms with Gasteiger partial charge in [-0.2, -0.15) is 0 Å². The fourth-order valence-electron chi connectivity index (χ4n) is 4.25. The van der Waals surface area contributed by atoms with E-state index in [1.165, 1.54) is 0 Å². The summed E-state index contributed by atoms with van der Waals surface area (Å²) in [4.78, 5) is 29.1. The first kappa shape index (κ1) is 22.8. The van der Waals surface area contributed by atoms with Crippen LogP contribution in [0.25, 0.3) is 0 Å². The smallest absolute Gasteiger partial charge is 0.259 e. The second kappa shape index (κ2) is 9.70. The highest BCUT2D eigenvalue weighted by molar-refractivity contribution is 7.85. The molecule has 1 N–H and O–H groups in total. The van der Waals surface area contributed by atoms with Gasteiger partial charge in [0.05, 0.1) is 44.5 Å². The van der Waals surface area contributed by atoms with Crippen molar-refractivity contribution in [2.75, 3.05) is 18.1 Å². The number of benzene rings is 3. The maximum Gasteiger partial charge on any atom is 0.259 e. The number of anilines is 1. The molecule has 34 heavy (non-hydrogen) atoms. The lowest BCUT2D eigenvalue weighted by Crippen LogP contribution is -2.33. The molecule has 8 heteroatoms. The van der Waals surface area contributed by atoms with Gasteiger partial charge in [0.1, 0.15) is 0 Å². The first-order valence-electron chi connectivity index (χ1n) is 11.1. The molecule has 2 aliphatic heterocycles. The highest BCUT2D eigenvalue weighted by Crippen LogP contribution is 2.36. The summed E-state index contributed by atoms with van der Waals surface area (Å²) < 4.78 is 19.1. The maximum atomic E-state index is 13.6. The van der Waals surface area contributed by atoms with Crippen LogP contribution in [0.15, 0.2) is 76.5 Å². The van der Waals surface area contributed by atoms with Crippen molar-refractivity contribution in [3.05, 3.63) is 88.4 Å². The molecule has 2 amide bonds. The van der Waals surface area contributed by atoms with Gasteiger partial charge in [-0.25, -0.2) is 4.21 Å². The number of hydrogen-bond acceptors (Lipinski definition) is 4. The van der Waals surface area contributed by atoms with Gasteiger partial charge in [0, 0.05) is 23.7 Å². The van der Waals surface area contributed by atoms with Crippen LogP contribution in [0.3, 0.4) is 0 Å². The molecule has 0 aromatic heterocycles. The van der Waals surface area contributed by atoms with Crippen LogP contribution in [-0.2, 0) is 22.1 Å². The highest BCUT2D eigenvalue weighted by atomic mass is 35.5. The van der Waals surface area contributed by atoms with Gasteiger partial charge in [-0.3, -0.25) is 9.59 Å². The molecule has 0 aliphatic carbocycles. The van der Waals surface area contributed by atoms with Crippen LogP contribution in [-0.4, -0.2) is 35.3 Å². The summed E-state index contributed by atoms with van der Waals surface area (Å²) in [5, 5.41) is 3.52. The number of nitrogens with zero attached hydrogens (tertiary/aromatic N) is 1. The van der Waals surface area contributed by atoms with Crippen LogP contribution in [0.4, 0.5) is 5.69 Å². The Bertz CT molecular complexity index is 1270. The van der Waals surface area contributed by atoms with E-state index in [4.69, 9.17) is 16.3 Å². The molecule has 0 unspecified atom stereocenters. The summed E-state index contributed by atoms with van der Waals surface area (Å²) in [7, 11) is -1.57. The van der Waals surface area contributed by atoms with Crippen molar-refractivity contribution in [2.24, 2.45) is 0 Å². The number of amides is 2. The predicted molar refractivity (Wildman–Crippen MR) is 131 cm³/mol. The van der Waals surface area contributed by atoms with Gasteiger partial charge in [-0.1, -0.05) is 35.9 Å². The van der Waals surface area contributed by atoms with Crippen LogP contribution in [0.5, 0.6) is 0 Å². The fraction of sp³-hybridized carbons (Fsp3) is 0.231. The van der Waals surface area contributed by atoms with Gasteiger partial charge in [0.15, 0.2) is 0 Å². The van der Waals surface area contributed by atoms with Crippen LogP contribution < -0.4 is 10.2 Å². The zero-order valence-corrected chi connectivity index (χ0v) is 19.9. The normalized spacial score (nSPS) is 19.3. The van der Waals surface area contributed by atoms with Crippen LogP contribution in [0.1, 0.15) is 39.1 Å². The molecule has 0 bridgehead atoms. The van der Waals surface area contributed by atoms with E-state index in [0.29, 0.717) is 44.8 Å². The van der Waals surface area contributed by atoms with E-state index < -0.39 is 10.8 Å². The minimum absolute atomic E-state index is 0.0229. The maximum absolute atomic E-state index is 13.6. The van der Waals surface area contributed by atoms with E-state index in [9.17, 15) is 13.8 Å². The summed E-state index contributed by atoms with van der Waals surface area (Å²) in [5.41, 5.74) is 2.10. The van der Waals surface area contributed by atoms with Crippen molar-refractivity contribution >= 4 is 39.9 Å². The highest BCUT2D eigenvalue weighted by Gasteiger charge is 2.31. The Balaban J connectivity index is 1.53. The lowest BCUT2D eigenvalue weighted by atomic mass is 10.1. The second-order valence-corrected chi connectivity index (χ2v) is 10.2. The molecule has 1 saturated heterocycles. The molecular formula is C26H23ClN2O4S. The zero-order valence-electron chi connectivity index (χ0n) is 18.3. The molecule has 3 aromatic carbocycles. The Morgan fingerprint density at radius 2 is 1.88 bits per heavy atom. The summed E-state index contributed by atoms with van der Waals surface area (Å²) >= 11 is 6.03. The lowest BCUT2D eigenvalue weighted by molar-refractivity contribution is 0.0857. The van der Waals surface area contributed by atoms with Gasteiger partial charge in [0.2, 0.25) is 0 Å². The monoisotopic (exact) mass is 494 g/mol. The van der Waals surface area contributed by atoms with Gasteiger partial charge < -0.3 is 15.0 Å². The van der Waals surface area contributed by atoms with Crippen LogP contribution >= 0.6 is 11.6 Å². The molecule has 2 atom stereocenters. The van der Waals surface area contributed by atoms with Gasteiger partial charge in [-0.05, 0) is 60.9 Å². The minimum Gasteiger partial charge on any atom is -0.376 e. The Hall–Kier alpha value is -3.00. The molecule has 174 valence electrons. The van der Waals surface area contributed by atoms with Crippen molar-refractivity contribution in [3.8, 4) is 0 Å². The first-order valence-corrected chi connectivity index (χ1v) is 12.6. The van der Waals surface area contributed by atoms with Crippen molar-refractivity contribution < 1.29 is 18.5 Å². The molecule has 6 nitrogen and oxygen atoms in total. The molecule has 0 spiro atoms. The van der Waals surface area contributed by atoms with E-state index >= 15 is 0 Å². The molecule has 5 rings (SSSR count). The molecule has 1 fully saturated rings. The molecule has 0 saturated carbocycles. The summed E-state index contributed by atoms with van der Waals surface area (Å²) in [6.45, 7) is 1.39. The first-order chi connectivity index (χ1) is 16.5. The minimum atomic E-state index is -1.57. The third-order valence-corrected chi connectivity index (χ3v) is 7.79. The van der Waals surface area contributed by atoms with Gasteiger partial charge >= 0.3 is 0 Å².